The second-order valence-electron chi connectivity index (χ2n) is 20.3. The van der Waals surface area contributed by atoms with Gasteiger partial charge in [0.15, 0.2) is 0 Å². The molecule has 0 saturated heterocycles. The summed E-state index contributed by atoms with van der Waals surface area (Å²) in [6, 6.07) is 48.8. The van der Waals surface area contributed by atoms with Crippen molar-refractivity contribution in [2.24, 2.45) is 23.5 Å². The van der Waals surface area contributed by atoms with Crippen molar-refractivity contribution in [1.29, 1.82) is 0 Å². The van der Waals surface area contributed by atoms with E-state index in [9.17, 15) is 48.1 Å². The van der Waals surface area contributed by atoms with E-state index in [-0.39, 0.29) is 60.4 Å². The molecule has 0 aliphatic carbocycles. The fourth-order valence-electron chi connectivity index (χ4n) is 7.19. The van der Waals surface area contributed by atoms with Crippen LogP contribution in [0.4, 0.5) is 0 Å². The zero-order valence-corrected chi connectivity index (χ0v) is 51.7. The molecule has 0 radical (unpaired) electrons. The number of rotatable bonds is 24. The molecule has 0 fully saturated rings. The van der Waals surface area contributed by atoms with Crippen LogP contribution < -0.4 is 15.2 Å². The summed E-state index contributed by atoms with van der Waals surface area (Å²) in [5, 5.41) is 9.02. The second-order valence-corrected chi connectivity index (χ2v) is 28.0. The molecule has 462 valence electrons. The largest absolute Gasteiger partial charge is 0.480 e. The van der Waals surface area contributed by atoms with Crippen LogP contribution in [0, 0.1) is 24.7 Å². The summed E-state index contributed by atoms with van der Waals surface area (Å²) in [7, 11) is -9.70. The lowest BCUT2D eigenvalue weighted by atomic mass is 10.1. The Labute approximate surface area is 502 Å². The van der Waals surface area contributed by atoms with Gasteiger partial charge in [0.25, 0.3) is 10.1 Å². The lowest BCUT2D eigenvalue weighted by molar-refractivity contribution is -0.148. The Hall–Kier alpha value is -6.34. The number of hydrogen-bond donors (Lipinski definition) is 5. The van der Waals surface area contributed by atoms with Crippen molar-refractivity contribution in [2.45, 2.75) is 129 Å². The van der Waals surface area contributed by atoms with Gasteiger partial charge in [0, 0.05) is 10.7 Å². The highest BCUT2D eigenvalue weighted by Crippen LogP contribution is 2.15. The first-order valence-corrected chi connectivity index (χ1v) is 33.5. The fourth-order valence-corrected chi connectivity index (χ4v) is 11.3. The van der Waals surface area contributed by atoms with E-state index in [1.165, 1.54) is 12.1 Å². The normalized spacial score (nSPS) is 12.3. The number of aliphatic carboxylic acids is 1. The van der Waals surface area contributed by atoms with Crippen molar-refractivity contribution >= 4 is 67.8 Å². The van der Waals surface area contributed by atoms with Crippen molar-refractivity contribution in [3.05, 3.63) is 209 Å². The van der Waals surface area contributed by atoms with E-state index in [1.807, 2.05) is 121 Å². The summed E-state index contributed by atoms with van der Waals surface area (Å²) < 4.78 is 115. The van der Waals surface area contributed by atoms with Gasteiger partial charge >= 0.3 is 17.9 Å². The molecule has 0 unspecified atom stereocenters. The molecular formula is C61H82ClN3O15S4. The number of esters is 2. The quantitative estimate of drug-likeness (QED) is 0.0214. The Balaban J connectivity index is 0.000000544. The maximum atomic E-state index is 12.5. The average Bonchev–Trinajstić information content (AvgIpc) is 3.40. The SMILES string of the molecule is C.CC(C)C[C@H](N)C(=O)OCc1ccccc1.CC(C)C[C@H](NS(=O)(=O)Cc1ccccc1)C(=O)O.CC(C)C[C@H](NS(=O)(=O)Cc1ccccc1)C(=O)OCc1ccccc1.Cc1ccc(S(=O)(=O)O)cc1.O=S(=O)(Cl)Cc1ccccc1. The number of aryl methyl sites for hydroxylation is 1. The minimum absolute atomic E-state index is 0. The number of benzene rings is 6. The number of halogens is 1. The van der Waals surface area contributed by atoms with E-state index in [2.05, 4.69) is 9.44 Å². The first kappa shape index (κ1) is 75.7. The van der Waals surface area contributed by atoms with Gasteiger partial charge in [-0.3, -0.25) is 18.9 Å². The number of carboxylic acids is 1. The Kier molecular flexibility index (Phi) is 34.8. The third kappa shape index (κ3) is 35.7. The van der Waals surface area contributed by atoms with Gasteiger partial charge in [0.05, 0.1) is 22.2 Å². The van der Waals surface area contributed by atoms with E-state index in [1.54, 1.807) is 91.0 Å². The number of carbonyl (C=O) groups excluding carboxylic acids is 2. The summed E-state index contributed by atoms with van der Waals surface area (Å²) in [4.78, 5) is 34.9. The Bertz CT molecular complexity index is 3290. The van der Waals surface area contributed by atoms with Crippen molar-refractivity contribution in [1.82, 2.24) is 9.44 Å². The molecule has 84 heavy (non-hydrogen) atoms. The third-order valence-electron chi connectivity index (χ3n) is 11.0. The molecule has 18 nitrogen and oxygen atoms in total. The summed E-state index contributed by atoms with van der Waals surface area (Å²) in [6.07, 6.45) is 1.30. The monoisotopic (exact) mass is 1260 g/mol. The fraction of sp³-hybridized carbons (Fsp3) is 0.361. The van der Waals surface area contributed by atoms with Crippen LogP contribution >= 0.6 is 10.7 Å². The van der Waals surface area contributed by atoms with E-state index < -0.39 is 69.3 Å². The maximum absolute atomic E-state index is 12.5. The number of ether oxygens (including phenoxy) is 2. The van der Waals surface area contributed by atoms with Crippen molar-refractivity contribution in [2.75, 3.05) is 0 Å². The lowest BCUT2D eigenvalue weighted by Gasteiger charge is -2.19. The van der Waals surface area contributed by atoms with Gasteiger partial charge in [-0.05, 0) is 83.9 Å². The first-order valence-electron chi connectivity index (χ1n) is 26.3. The van der Waals surface area contributed by atoms with Gasteiger partial charge in [-0.15, -0.1) is 0 Å². The first-order chi connectivity index (χ1) is 38.8. The number of hydrogen-bond acceptors (Lipinski definition) is 14. The molecule has 0 spiro atoms. The molecule has 6 aromatic carbocycles. The van der Waals surface area contributed by atoms with Crippen LogP contribution in [0.15, 0.2) is 181 Å². The molecule has 3 atom stereocenters. The maximum Gasteiger partial charge on any atom is 0.324 e. The van der Waals surface area contributed by atoms with Crippen LogP contribution in [0.2, 0.25) is 0 Å². The molecule has 0 bridgehead atoms. The topological polar surface area (TPSA) is 297 Å². The molecule has 0 saturated carbocycles. The van der Waals surface area contributed by atoms with E-state index >= 15 is 0 Å². The minimum atomic E-state index is -4.02. The Morgan fingerprint density at radius 3 is 1.11 bits per heavy atom. The minimum Gasteiger partial charge on any atom is -0.480 e. The van der Waals surface area contributed by atoms with Gasteiger partial charge in [-0.1, -0.05) is 218 Å². The second kappa shape index (κ2) is 38.6. The van der Waals surface area contributed by atoms with Crippen molar-refractivity contribution in [3.8, 4) is 0 Å². The summed E-state index contributed by atoms with van der Waals surface area (Å²) in [5.41, 5.74) is 10.5. The number of carboxylic acid groups (broad SMARTS) is 1. The molecule has 0 aliphatic heterocycles. The lowest BCUT2D eigenvalue weighted by Crippen LogP contribution is -2.43. The summed E-state index contributed by atoms with van der Waals surface area (Å²) >= 11 is 0. The van der Waals surface area contributed by atoms with Crippen molar-refractivity contribution < 1.29 is 67.2 Å². The van der Waals surface area contributed by atoms with Gasteiger partial charge in [0.2, 0.25) is 29.1 Å². The highest BCUT2D eigenvalue weighted by molar-refractivity contribution is 8.13. The van der Waals surface area contributed by atoms with E-state index in [4.69, 9.17) is 35.5 Å². The molecular weight excluding hydrogens is 1180 g/mol. The molecule has 23 heteroatoms. The van der Waals surface area contributed by atoms with Crippen LogP contribution in [0.1, 0.15) is 102 Å². The predicted octanol–water partition coefficient (Wildman–Crippen LogP) is 10.6. The highest BCUT2D eigenvalue weighted by atomic mass is 35.7. The molecule has 6 aromatic rings. The van der Waals surface area contributed by atoms with Crippen LogP contribution in [0.3, 0.4) is 0 Å². The van der Waals surface area contributed by atoms with E-state index in [0.29, 0.717) is 42.1 Å². The number of nitrogens with one attached hydrogen (secondary N) is 2. The standard InChI is InChI=1S/C20H25NO4S.C13H19NO4S.C13H19NO2.C7H7ClO2S.C7H8O3S.CH4/c1-16(2)13-19(20(22)25-14-17-9-5-3-6-10-17)21-26(23,24)15-18-11-7-4-8-12-18;1-10(2)8-12(13(15)16)14-19(17,18)9-11-6-4-3-5-7-11;1-10(2)8-12(14)13(15)16-9-11-6-4-3-5-7-11;8-11(9,10)6-7-4-2-1-3-5-7;1-6-2-4-7(5-3-6)11(8,9)10;/h3-12,16,19,21H,13-15H2,1-2H3;3-7,10,12,14H,8-9H2,1-2H3,(H,15,16);3-7,10,12H,8-9,14H2,1-2H3;1-5H,6H2;2-5H,1H3,(H,8,9,10);1H4/t19-;2*12-;;;/m000.../s1. The van der Waals surface area contributed by atoms with Crippen molar-refractivity contribution in [3.63, 3.8) is 0 Å². The van der Waals surface area contributed by atoms with Gasteiger partial charge < -0.3 is 20.3 Å². The molecule has 6 rings (SSSR count). The van der Waals surface area contributed by atoms with E-state index in [0.717, 1.165) is 16.7 Å². The van der Waals surface area contributed by atoms with Crippen LogP contribution in [-0.4, -0.2) is 79.4 Å². The molecule has 0 aliphatic rings. The third-order valence-corrected chi connectivity index (χ3v) is 15.6. The van der Waals surface area contributed by atoms with Gasteiger partial charge in [-0.25, -0.2) is 34.7 Å². The molecule has 0 heterocycles. The highest BCUT2D eigenvalue weighted by Gasteiger charge is 2.28. The predicted molar refractivity (Wildman–Crippen MR) is 331 cm³/mol. The van der Waals surface area contributed by atoms with Gasteiger partial charge in [-0.2, -0.15) is 8.42 Å². The summed E-state index contributed by atoms with van der Waals surface area (Å²) in [5.74, 6) is -1.87. The molecule has 0 amide bonds. The van der Waals surface area contributed by atoms with Crippen LogP contribution in [0.25, 0.3) is 0 Å². The zero-order valence-electron chi connectivity index (χ0n) is 47.7. The average molecular weight is 1260 g/mol. The number of carbonyl (C=O) groups is 3. The number of nitrogens with two attached hydrogens (primary N) is 1. The van der Waals surface area contributed by atoms with Crippen LogP contribution in [0.5, 0.6) is 0 Å². The smallest absolute Gasteiger partial charge is 0.324 e. The summed E-state index contributed by atoms with van der Waals surface area (Å²) in [6.45, 7) is 13.9. The molecule has 0 aromatic heterocycles. The zero-order chi connectivity index (χ0) is 62.2. The Morgan fingerprint density at radius 2 is 0.786 bits per heavy atom. The Morgan fingerprint density at radius 1 is 0.476 bits per heavy atom. The molecule has 6 N–H and O–H groups in total. The number of sulfonamides is 2. The van der Waals surface area contributed by atoms with Crippen LogP contribution in [-0.2, 0) is 93.5 Å². The van der Waals surface area contributed by atoms with Gasteiger partial charge in [0.1, 0.15) is 31.3 Å².